The number of rotatable bonds is 3. The van der Waals surface area contributed by atoms with Crippen molar-refractivity contribution in [2.24, 2.45) is 0 Å². The first-order chi connectivity index (χ1) is 10.1. The molecular formula is C19H18IN. The maximum Gasteiger partial charge on any atom is 0.0485 e. The minimum absolute atomic E-state index is 0.285. The highest BCUT2D eigenvalue weighted by molar-refractivity contribution is 14.1. The second-order valence-corrected chi connectivity index (χ2v) is 6.60. The molecule has 1 unspecified atom stereocenters. The van der Waals surface area contributed by atoms with Crippen LogP contribution >= 0.6 is 22.6 Å². The summed E-state index contributed by atoms with van der Waals surface area (Å²) in [7, 11) is 0. The van der Waals surface area contributed by atoms with Gasteiger partial charge in [-0.1, -0.05) is 42.5 Å². The number of hydrogen-bond donors (Lipinski definition) is 1. The van der Waals surface area contributed by atoms with Crippen LogP contribution in [0.15, 0.2) is 60.7 Å². The van der Waals surface area contributed by atoms with E-state index < -0.39 is 0 Å². The molecule has 1 nitrogen and oxygen atoms in total. The van der Waals surface area contributed by atoms with E-state index in [0.29, 0.717) is 0 Å². The van der Waals surface area contributed by atoms with Crippen molar-refractivity contribution in [3.05, 3.63) is 75.4 Å². The molecule has 21 heavy (non-hydrogen) atoms. The Bertz CT molecular complexity index is 779. The minimum Gasteiger partial charge on any atom is -0.378 e. The zero-order valence-corrected chi connectivity index (χ0v) is 14.4. The van der Waals surface area contributed by atoms with Crippen LogP contribution in [-0.2, 0) is 0 Å². The fourth-order valence-corrected chi connectivity index (χ4v) is 3.01. The van der Waals surface area contributed by atoms with Crippen LogP contribution in [0, 0.1) is 10.5 Å². The van der Waals surface area contributed by atoms with Crippen molar-refractivity contribution in [1.29, 1.82) is 0 Å². The second-order valence-electron chi connectivity index (χ2n) is 5.44. The van der Waals surface area contributed by atoms with E-state index in [0.717, 1.165) is 0 Å². The summed E-state index contributed by atoms with van der Waals surface area (Å²) >= 11 is 2.38. The summed E-state index contributed by atoms with van der Waals surface area (Å²) in [5, 5.41) is 6.17. The highest BCUT2D eigenvalue weighted by Crippen LogP contribution is 2.25. The zero-order valence-electron chi connectivity index (χ0n) is 12.2. The molecule has 106 valence electrons. The van der Waals surface area contributed by atoms with Gasteiger partial charge in [0, 0.05) is 15.3 Å². The first-order valence-electron chi connectivity index (χ1n) is 7.15. The molecule has 3 aromatic carbocycles. The highest BCUT2D eigenvalue weighted by atomic mass is 127. The summed E-state index contributed by atoms with van der Waals surface area (Å²) in [4.78, 5) is 0. The van der Waals surface area contributed by atoms with Gasteiger partial charge in [0.1, 0.15) is 0 Å². The Balaban J connectivity index is 1.85. The Labute approximate surface area is 139 Å². The maximum absolute atomic E-state index is 3.59. The van der Waals surface area contributed by atoms with Gasteiger partial charge in [-0.25, -0.2) is 0 Å². The SMILES string of the molecule is Cc1ccc(NC(C)c2ccc3ccccc3c2)cc1I. The molecule has 0 aliphatic rings. The Morgan fingerprint density at radius 3 is 2.43 bits per heavy atom. The van der Waals surface area contributed by atoms with Crippen LogP contribution in [0.4, 0.5) is 5.69 Å². The Morgan fingerprint density at radius 1 is 0.905 bits per heavy atom. The molecule has 1 N–H and O–H groups in total. The lowest BCUT2D eigenvalue weighted by molar-refractivity contribution is 0.886. The molecule has 0 bridgehead atoms. The van der Waals surface area contributed by atoms with Crippen molar-refractivity contribution in [3.8, 4) is 0 Å². The van der Waals surface area contributed by atoms with Crippen LogP contribution < -0.4 is 5.32 Å². The van der Waals surface area contributed by atoms with Gasteiger partial charge in [0.2, 0.25) is 0 Å². The smallest absolute Gasteiger partial charge is 0.0485 e. The van der Waals surface area contributed by atoms with Crippen molar-refractivity contribution in [2.45, 2.75) is 19.9 Å². The van der Waals surface area contributed by atoms with E-state index in [1.165, 1.54) is 31.2 Å². The normalized spacial score (nSPS) is 12.3. The van der Waals surface area contributed by atoms with Gasteiger partial charge in [-0.3, -0.25) is 0 Å². The predicted molar refractivity (Wildman–Crippen MR) is 99.9 cm³/mol. The van der Waals surface area contributed by atoms with Crippen molar-refractivity contribution >= 4 is 39.1 Å². The van der Waals surface area contributed by atoms with Crippen LogP contribution in [0.3, 0.4) is 0 Å². The van der Waals surface area contributed by atoms with Gasteiger partial charge in [-0.2, -0.15) is 0 Å². The lowest BCUT2D eigenvalue weighted by Gasteiger charge is -2.17. The largest absolute Gasteiger partial charge is 0.378 e. The van der Waals surface area contributed by atoms with Gasteiger partial charge in [0.15, 0.2) is 0 Å². The zero-order chi connectivity index (χ0) is 14.8. The van der Waals surface area contributed by atoms with Gasteiger partial charge in [-0.15, -0.1) is 0 Å². The van der Waals surface area contributed by atoms with Crippen molar-refractivity contribution in [3.63, 3.8) is 0 Å². The number of benzene rings is 3. The molecule has 1 atom stereocenters. The topological polar surface area (TPSA) is 12.0 Å². The lowest BCUT2D eigenvalue weighted by atomic mass is 10.0. The molecule has 0 radical (unpaired) electrons. The third-order valence-electron chi connectivity index (χ3n) is 3.83. The second kappa shape index (κ2) is 6.06. The third kappa shape index (κ3) is 3.21. The molecule has 0 aliphatic heterocycles. The van der Waals surface area contributed by atoms with Crippen molar-refractivity contribution in [2.75, 3.05) is 5.32 Å². The molecule has 0 fully saturated rings. The molecule has 0 saturated carbocycles. The highest BCUT2D eigenvalue weighted by Gasteiger charge is 2.07. The first kappa shape index (κ1) is 14.4. The average Bonchev–Trinajstić information content (AvgIpc) is 2.50. The number of hydrogen-bond acceptors (Lipinski definition) is 1. The molecule has 2 heteroatoms. The van der Waals surface area contributed by atoms with Gasteiger partial charge in [0.25, 0.3) is 0 Å². The van der Waals surface area contributed by atoms with Crippen LogP contribution in [0.25, 0.3) is 10.8 Å². The summed E-state index contributed by atoms with van der Waals surface area (Å²) in [6, 6.07) is 22.0. The van der Waals surface area contributed by atoms with E-state index in [2.05, 4.69) is 102 Å². The quantitative estimate of drug-likeness (QED) is 0.550. The van der Waals surface area contributed by atoms with E-state index in [-0.39, 0.29) is 6.04 Å². The average molecular weight is 387 g/mol. The molecule has 0 aliphatic carbocycles. The van der Waals surface area contributed by atoms with Crippen LogP contribution in [-0.4, -0.2) is 0 Å². The first-order valence-corrected chi connectivity index (χ1v) is 8.23. The van der Waals surface area contributed by atoms with Gasteiger partial charge in [0.05, 0.1) is 0 Å². The fourth-order valence-electron chi connectivity index (χ4n) is 2.49. The van der Waals surface area contributed by atoms with E-state index in [1.54, 1.807) is 0 Å². The van der Waals surface area contributed by atoms with Crippen molar-refractivity contribution in [1.82, 2.24) is 0 Å². The summed E-state index contributed by atoms with van der Waals surface area (Å²) in [5.41, 5.74) is 3.80. The minimum atomic E-state index is 0.285. The van der Waals surface area contributed by atoms with E-state index in [1.807, 2.05) is 0 Å². The summed E-state index contributed by atoms with van der Waals surface area (Å²) in [6.07, 6.45) is 0. The molecule has 0 aromatic heterocycles. The van der Waals surface area contributed by atoms with Gasteiger partial charge < -0.3 is 5.32 Å². The van der Waals surface area contributed by atoms with E-state index in [9.17, 15) is 0 Å². The standard InChI is InChI=1S/C19H18IN/c1-13-7-10-18(12-19(13)20)21-14(2)16-9-8-15-5-3-4-6-17(15)11-16/h3-12,14,21H,1-2H3. The third-order valence-corrected chi connectivity index (χ3v) is 4.99. The Hall–Kier alpha value is -1.55. The molecule has 0 amide bonds. The maximum atomic E-state index is 3.59. The van der Waals surface area contributed by atoms with Gasteiger partial charge in [-0.05, 0) is 76.5 Å². The molecule has 3 rings (SSSR count). The fraction of sp³-hybridized carbons (Fsp3) is 0.158. The van der Waals surface area contributed by atoms with Crippen LogP contribution in [0.5, 0.6) is 0 Å². The lowest BCUT2D eigenvalue weighted by Crippen LogP contribution is -2.06. The Morgan fingerprint density at radius 2 is 1.67 bits per heavy atom. The molecule has 0 spiro atoms. The summed E-state index contributed by atoms with van der Waals surface area (Å²) in [6.45, 7) is 4.34. The van der Waals surface area contributed by atoms with Crippen LogP contribution in [0.2, 0.25) is 0 Å². The van der Waals surface area contributed by atoms with E-state index >= 15 is 0 Å². The number of halogens is 1. The van der Waals surface area contributed by atoms with Crippen LogP contribution in [0.1, 0.15) is 24.1 Å². The predicted octanol–water partition coefficient (Wildman–Crippen LogP) is 5.93. The number of fused-ring (bicyclic) bond motifs is 1. The van der Waals surface area contributed by atoms with E-state index in [4.69, 9.17) is 0 Å². The number of anilines is 1. The van der Waals surface area contributed by atoms with Gasteiger partial charge >= 0.3 is 0 Å². The molecule has 0 saturated heterocycles. The molecule has 0 heterocycles. The molecule has 3 aromatic rings. The van der Waals surface area contributed by atoms with Crippen molar-refractivity contribution < 1.29 is 0 Å². The Kier molecular flexibility index (Phi) is 4.15. The number of aryl methyl sites for hydroxylation is 1. The number of nitrogens with one attached hydrogen (secondary N) is 1. The summed E-state index contributed by atoms with van der Waals surface area (Å²) in [5.74, 6) is 0. The summed E-state index contributed by atoms with van der Waals surface area (Å²) < 4.78 is 1.29. The molecular weight excluding hydrogens is 369 g/mol. The monoisotopic (exact) mass is 387 g/mol.